The predicted molar refractivity (Wildman–Crippen MR) is 46.1 cm³/mol. The Labute approximate surface area is 74.3 Å². The van der Waals surface area contributed by atoms with E-state index < -0.39 is 0 Å². The van der Waals surface area contributed by atoms with Gasteiger partial charge >= 0.3 is 0 Å². The highest BCUT2D eigenvalue weighted by Gasteiger charge is 2.11. The first-order valence-electron chi connectivity index (χ1n) is 3.28. The number of rotatable bonds is 0. The second kappa shape index (κ2) is 2.50. The number of hydrogen-bond donors (Lipinski definition) is 0. The molecule has 0 saturated heterocycles. The average Bonchev–Trinajstić information content (AvgIpc) is 2.49. The fourth-order valence-corrected chi connectivity index (χ4v) is 1.20. The maximum absolute atomic E-state index is 8.63. The molecule has 0 N–H and O–H groups in total. The molecule has 0 saturated carbocycles. The van der Waals surface area contributed by atoms with Gasteiger partial charge < -0.3 is 0 Å². The van der Waals surface area contributed by atoms with Gasteiger partial charge in [0.05, 0.1) is 22.0 Å². The molecule has 0 amide bonds. The van der Waals surface area contributed by atoms with Crippen molar-refractivity contribution in [3.63, 3.8) is 0 Å². The first-order chi connectivity index (χ1) is 5.81. The summed E-state index contributed by atoms with van der Waals surface area (Å²) in [4.78, 5) is 3.95. The van der Waals surface area contributed by atoms with E-state index in [2.05, 4.69) is 10.3 Å². The molecule has 1 radical (unpaired) electrons. The van der Waals surface area contributed by atoms with E-state index in [-0.39, 0.29) is 0 Å². The molecule has 2 rings (SSSR count). The average molecular weight is 177 g/mol. The minimum atomic E-state index is 0.422. The molecule has 1 aromatic rings. The Bertz CT molecular complexity index is 403. The van der Waals surface area contributed by atoms with Crippen molar-refractivity contribution < 1.29 is 0 Å². The molecule has 0 atom stereocenters. The zero-order chi connectivity index (χ0) is 8.55. The number of nitrogens with zero attached hydrogens (tertiary/aromatic N) is 3. The zero-order valence-corrected chi connectivity index (χ0v) is 6.71. The predicted octanol–water partition coefficient (Wildman–Crippen LogP) is 2.12. The van der Waals surface area contributed by atoms with Crippen LogP contribution in [0.2, 0.25) is 5.02 Å². The van der Waals surface area contributed by atoms with E-state index in [0.29, 0.717) is 16.3 Å². The highest BCUT2D eigenvalue weighted by molar-refractivity contribution is 6.32. The van der Waals surface area contributed by atoms with Crippen LogP contribution in [-0.2, 0) is 0 Å². The molecule has 1 aliphatic heterocycles. The van der Waals surface area contributed by atoms with Gasteiger partial charge in [0.1, 0.15) is 12.4 Å². The Balaban J connectivity index is 2.64. The summed E-state index contributed by atoms with van der Waals surface area (Å²) < 4.78 is 0. The highest BCUT2D eigenvalue weighted by atomic mass is 35.5. The highest BCUT2D eigenvalue weighted by Crippen LogP contribution is 2.33. The third-order valence-corrected chi connectivity index (χ3v) is 1.89. The van der Waals surface area contributed by atoms with E-state index >= 15 is 0 Å². The van der Waals surface area contributed by atoms with Crippen molar-refractivity contribution in [2.24, 2.45) is 4.99 Å². The first-order valence-corrected chi connectivity index (χ1v) is 3.66. The van der Waals surface area contributed by atoms with E-state index in [1.165, 1.54) is 6.34 Å². The quantitative estimate of drug-likeness (QED) is 0.597. The van der Waals surface area contributed by atoms with Crippen LogP contribution in [0.5, 0.6) is 0 Å². The molecule has 0 fully saturated rings. The first kappa shape index (κ1) is 7.14. The normalized spacial score (nSPS) is 12.0. The molecule has 1 aromatic carbocycles. The molecule has 57 valence electrons. The van der Waals surface area contributed by atoms with Crippen LogP contribution in [0, 0.1) is 11.3 Å². The number of aliphatic imine (C=N–C) groups is 1. The van der Waals surface area contributed by atoms with Crippen molar-refractivity contribution in [2.75, 3.05) is 0 Å². The van der Waals surface area contributed by atoms with Gasteiger partial charge in [-0.15, -0.1) is 0 Å². The van der Waals surface area contributed by atoms with Gasteiger partial charge in [-0.05, 0) is 12.1 Å². The standard InChI is InChI=1S/C8H3ClN3/c9-6-2-8-7(11-4-12-8)1-5(6)3-10/h1-2,4H. The maximum atomic E-state index is 8.63. The van der Waals surface area contributed by atoms with Crippen LogP contribution >= 0.6 is 11.6 Å². The molecule has 0 spiro atoms. The Morgan fingerprint density at radius 2 is 2.17 bits per heavy atom. The summed E-state index contributed by atoms with van der Waals surface area (Å²) in [7, 11) is 0. The molecule has 0 unspecified atom stereocenters. The van der Waals surface area contributed by atoms with Crippen molar-refractivity contribution in [3.05, 3.63) is 22.7 Å². The molecule has 0 bridgehead atoms. The fourth-order valence-electron chi connectivity index (χ4n) is 0.997. The maximum Gasteiger partial charge on any atom is 0.116 e. The molecule has 0 aromatic heterocycles. The van der Waals surface area contributed by atoms with E-state index in [1.54, 1.807) is 12.1 Å². The Hall–Kier alpha value is -1.53. The Kier molecular flexibility index (Phi) is 1.49. The van der Waals surface area contributed by atoms with Crippen molar-refractivity contribution in [1.29, 1.82) is 5.26 Å². The minimum absolute atomic E-state index is 0.422. The topological polar surface area (TPSA) is 50.2 Å². The summed E-state index contributed by atoms with van der Waals surface area (Å²) in [5.41, 5.74) is 1.86. The number of halogens is 1. The lowest BCUT2D eigenvalue weighted by molar-refractivity contribution is 1.35. The van der Waals surface area contributed by atoms with Crippen LogP contribution in [-0.4, -0.2) is 6.34 Å². The van der Waals surface area contributed by atoms with Gasteiger partial charge in [-0.25, -0.2) is 10.3 Å². The zero-order valence-electron chi connectivity index (χ0n) is 5.95. The summed E-state index contributed by atoms with van der Waals surface area (Å²) in [6.07, 6.45) is 1.45. The van der Waals surface area contributed by atoms with Crippen LogP contribution in [0.4, 0.5) is 11.4 Å². The van der Waals surface area contributed by atoms with E-state index in [1.807, 2.05) is 6.07 Å². The van der Waals surface area contributed by atoms with Crippen molar-refractivity contribution in [1.82, 2.24) is 5.32 Å². The summed E-state index contributed by atoms with van der Waals surface area (Å²) in [5.74, 6) is 0. The van der Waals surface area contributed by atoms with Crippen LogP contribution in [0.25, 0.3) is 0 Å². The number of benzene rings is 1. The second-order valence-corrected chi connectivity index (χ2v) is 2.71. The molecular weight excluding hydrogens is 174 g/mol. The third kappa shape index (κ3) is 0.936. The number of nitriles is 1. The Morgan fingerprint density at radius 1 is 1.33 bits per heavy atom. The van der Waals surface area contributed by atoms with Gasteiger partial charge in [-0.3, -0.25) is 0 Å². The lowest BCUT2D eigenvalue weighted by atomic mass is 10.2. The summed E-state index contributed by atoms with van der Waals surface area (Å²) in [6.45, 7) is 0. The number of hydrogen-bond acceptors (Lipinski definition) is 2. The van der Waals surface area contributed by atoms with Gasteiger partial charge in [0.15, 0.2) is 0 Å². The fraction of sp³-hybridized carbons (Fsp3) is 0. The number of fused-ring (bicyclic) bond motifs is 1. The smallest absolute Gasteiger partial charge is 0.116 e. The molecule has 1 heterocycles. The second-order valence-electron chi connectivity index (χ2n) is 2.31. The molecular formula is C8H3ClN3. The lowest BCUT2D eigenvalue weighted by Gasteiger charge is -1.97. The van der Waals surface area contributed by atoms with Gasteiger partial charge in [0.25, 0.3) is 0 Å². The van der Waals surface area contributed by atoms with Crippen LogP contribution in [0.15, 0.2) is 17.1 Å². The lowest BCUT2D eigenvalue weighted by Crippen LogP contribution is -1.85. The molecule has 0 aliphatic carbocycles. The van der Waals surface area contributed by atoms with Gasteiger partial charge in [-0.1, -0.05) is 11.6 Å². The van der Waals surface area contributed by atoms with Crippen molar-refractivity contribution in [2.45, 2.75) is 0 Å². The van der Waals surface area contributed by atoms with Gasteiger partial charge in [0.2, 0.25) is 0 Å². The monoisotopic (exact) mass is 176 g/mol. The largest absolute Gasteiger partial charge is 0.235 e. The molecule has 3 nitrogen and oxygen atoms in total. The van der Waals surface area contributed by atoms with E-state index in [4.69, 9.17) is 16.9 Å². The third-order valence-electron chi connectivity index (χ3n) is 1.58. The molecule has 12 heavy (non-hydrogen) atoms. The molecule has 4 heteroatoms. The van der Waals surface area contributed by atoms with Crippen LogP contribution in [0.3, 0.4) is 0 Å². The SMILES string of the molecule is N#Cc1cc2c(cc1Cl)[N]C=N2. The van der Waals surface area contributed by atoms with Crippen LogP contribution < -0.4 is 5.32 Å². The van der Waals surface area contributed by atoms with Crippen LogP contribution in [0.1, 0.15) is 5.56 Å². The summed E-state index contributed by atoms with van der Waals surface area (Å²) >= 11 is 5.77. The van der Waals surface area contributed by atoms with E-state index in [9.17, 15) is 0 Å². The summed E-state index contributed by atoms with van der Waals surface area (Å²) in [6, 6.07) is 5.25. The van der Waals surface area contributed by atoms with Crippen molar-refractivity contribution in [3.8, 4) is 6.07 Å². The van der Waals surface area contributed by atoms with Gasteiger partial charge in [-0.2, -0.15) is 5.26 Å². The van der Waals surface area contributed by atoms with E-state index in [0.717, 1.165) is 5.69 Å². The minimum Gasteiger partial charge on any atom is -0.235 e. The Morgan fingerprint density at radius 3 is 2.92 bits per heavy atom. The van der Waals surface area contributed by atoms with Gasteiger partial charge in [0, 0.05) is 0 Å². The molecule has 1 aliphatic rings. The summed E-state index contributed by atoms with van der Waals surface area (Å²) in [5, 5.41) is 13.0. The van der Waals surface area contributed by atoms with Crippen molar-refractivity contribution >= 4 is 29.3 Å².